The summed E-state index contributed by atoms with van der Waals surface area (Å²) >= 11 is 6.52. The third-order valence-electron chi connectivity index (χ3n) is 3.47. The molecule has 2 rings (SSSR count). The lowest BCUT2D eigenvalue weighted by molar-refractivity contribution is 0.306. The van der Waals surface area contributed by atoms with E-state index in [0.717, 1.165) is 15.6 Å². The first kappa shape index (κ1) is 11.1. The van der Waals surface area contributed by atoms with Crippen LogP contribution in [0.15, 0.2) is 0 Å². The van der Waals surface area contributed by atoms with Crippen molar-refractivity contribution in [1.82, 2.24) is 10.2 Å². The van der Waals surface area contributed by atoms with Gasteiger partial charge in [0.15, 0.2) is 3.95 Å². The molecular formula is C10H17N3S2. The Morgan fingerprint density at radius 1 is 1.53 bits per heavy atom. The zero-order valence-electron chi connectivity index (χ0n) is 9.01. The molecule has 1 aliphatic rings. The molecule has 0 atom stereocenters. The maximum atomic E-state index is 5.00. The molecule has 1 aliphatic carbocycles. The molecule has 2 N–H and O–H groups in total. The molecule has 0 spiro atoms. The first-order chi connectivity index (χ1) is 7.24. The van der Waals surface area contributed by atoms with Crippen LogP contribution in [0, 0.1) is 9.37 Å². The Morgan fingerprint density at radius 3 is 2.80 bits per heavy atom. The SMILES string of the molecule is CCC1(CNc2n[nH]c(=S)s2)CCCC1. The number of aromatic amines is 1. The van der Waals surface area contributed by atoms with Crippen molar-refractivity contribution in [3.8, 4) is 0 Å². The molecule has 0 radical (unpaired) electrons. The van der Waals surface area contributed by atoms with E-state index in [-0.39, 0.29) is 0 Å². The summed E-state index contributed by atoms with van der Waals surface area (Å²) in [6.45, 7) is 3.33. The van der Waals surface area contributed by atoms with Crippen molar-refractivity contribution in [2.45, 2.75) is 39.0 Å². The molecule has 1 fully saturated rings. The molecule has 0 aliphatic heterocycles. The van der Waals surface area contributed by atoms with Crippen molar-refractivity contribution < 1.29 is 0 Å². The van der Waals surface area contributed by atoms with Crippen LogP contribution < -0.4 is 5.32 Å². The van der Waals surface area contributed by atoms with Crippen molar-refractivity contribution in [3.63, 3.8) is 0 Å². The van der Waals surface area contributed by atoms with E-state index in [9.17, 15) is 0 Å². The summed E-state index contributed by atoms with van der Waals surface area (Å²) in [5.41, 5.74) is 0.507. The van der Waals surface area contributed by atoms with Crippen LogP contribution >= 0.6 is 23.6 Å². The minimum absolute atomic E-state index is 0.507. The van der Waals surface area contributed by atoms with Gasteiger partial charge in [-0.25, -0.2) is 0 Å². The number of anilines is 1. The molecule has 84 valence electrons. The van der Waals surface area contributed by atoms with E-state index in [1.165, 1.54) is 43.4 Å². The van der Waals surface area contributed by atoms with E-state index in [1.807, 2.05) is 0 Å². The number of rotatable bonds is 4. The molecule has 15 heavy (non-hydrogen) atoms. The lowest BCUT2D eigenvalue weighted by atomic mass is 9.83. The van der Waals surface area contributed by atoms with Gasteiger partial charge >= 0.3 is 0 Å². The second-order valence-electron chi connectivity index (χ2n) is 4.33. The summed E-state index contributed by atoms with van der Waals surface area (Å²) < 4.78 is 0.745. The summed E-state index contributed by atoms with van der Waals surface area (Å²) in [4.78, 5) is 0. The van der Waals surface area contributed by atoms with E-state index in [2.05, 4.69) is 22.4 Å². The summed E-state index contributed by atoms with van der Waals surface area (Å²) in [5, 5.41) is 11.3. The fraction of sp³-hybridized carbons (Fsp3) is 0.800. The molecule has 5 heteroatoms. The van der Waals surface area contributed by atoms with Gasteiger partial charge in [-0.3, -0.25) is 5.10 Å². The van der Waals surface area contributed by atoms with Crippen LogP contribution in [0.4, 0.5) is 5.13 Å². The van der Waals surface area contributed by atoms with Crippen LogP contribution in [0.2, 0.25) is 0 Å². The van der Waals surface area contributed by atoms with Gasteiger partial charge in [0.25, 0.3) is 0 Å². The molecule has 1 saturated carbocycles. The Kier molecular flexibility index (Phi) is 3.41. The highest BCUT2D eigenvalue weighted by atomic mass is 32.1. The van der Waals surface area contributed by atoms with Gasteiger partial charge in [-0.05, 0) is 36.9 Å². The fourth-order valence-electron chi connectivity index (χ4n) is 2.35. The topological polar surface area (TPSA) is 40.7 Å². The normalized spacial score (nSPS) is 19.3. The molecule has 0 bridgehead atoms. The Labute approximate surface area is 99.3 Å². The lowest BCUT2D eigenvalue weighted by Crippen LogP contribution is -2.25. The minimum Gasteiger partial charge on any atom is -0.360 e. The zero-order chi connectivity index (χ0) is 10.7. The summed E-state index contributed by atoms with van der Waals surface area (Å²) in [6.07, 6.45) is 6.73. The predicted octanol–water partition coefficient (Wildman–Crippen LogP) is 3.58. The molecule has 0 aromatic carbocycles. The van der Waals surface area contributed by atoms with Crippen LogP contribution in [-0.2, 0) is 0 Å². The van der Waals surface area contributed by atoms with E-state index in [1.54, 1.807) is 0 Å². The average Bonchev–Trinajstić information content (AvgIpc) is 2.85. The lowest BCUT2D eigenvalue weighted by Gasteiger charge is -2.27. The molecule has 1 aromatic rings. The Balaban J connectivity index is 1.94. The van der Waals surface area contributed by atoms with Gasteiger partial charge in [-0.2, -0.15) is 0 Å². The van der Waals surface area contributed by atoms with Gasteiger partial charge in [0.1, 0.15) is 0 Å². The third-order valence-corrected chi connectivity index (χ3v) is 4.51. The number of aromatic nitrogens is 2. The quantitative estimate of drug-likeness (QED) is 0.794. The molecule has 0 unspecified atom stereocenters. The van der Waals surface area contributed by atoms with Crippen molar-refractivity contribution in [1.29, 1.82) is 0 Å². The molecule has 0 saturated heterocycles. The highest BCUT2D eigenvalue weighted by Gasteiger charge is 2.31. The fourth-order valence-corrected chi connectivity index (χ4v) is 3.13. The Morgan fingerprint density at radius 2 is 2.27 bits per heavy atom. The number of nitrogens with one attached hydrogen (secondary N) is 2. The van der Waals surface area contributed by atoms with Crippen molar-refractivity contribution in [2.75, 3.05) is 11.9 Å². The van der Waals surface area contributed by atoms with Crippen molar-refractivity contribution in [2.24, 2.45) is 5.41 Å². The first-order valence-corrected chi connectivity index (χ1v) is 6.76. The standard InChI is InChI=1S/C10H17N3S2/c1-2-10(5-3-4-6-10)7-11-8-12-13-9(14)15-8/h2-7H2,1H3,(H,11,12)(H,13,14). The monoisotopic (exact) mass is 243 g/mol. The van der Waals surface area contributed by atoms with Crippen LogP contribution in [-0.4, -0.2) is 16.7 Å². The van der Waals surface area contributed by atoms with E-state index in [0.29, 0.717) is 5.41 Å². The highest BCUT2D eigenvalue weighted by molar-refractivity contribution is 7.73. The van der Waals surface area contributed by atoms with Crippen molar-refractivity contribution in [3.05, 3.63) is 3.95 Å². The molecule has 1 aromatic heterocycles. The zero-order valence-corrected chi connectivity index (χ0v) is 10.6. The predicted molar refractivity (Wildman–Crippen MR) is 67.0 cm³/mol. The van der Waals surface area contributed by atoms with E-state index < -0.39 is 0 Å². The van der Waals surface area contributed by atoms with Gasteiger partial charge in [-0.1, -0.05) is 31.1 Å². The van der Waals surface area contributed by atoms with Crippen molar-refractivity contribution >= 4 is 28.7 Å². The maximum Gasteiger partial charge on any atom is 0.204 e. The van der Waals surface area contributed by atoms with Gasteiger partial charge in [0.05, 0.1) is 0 Å². The Bertz CT molecular complexity index is 363. The van der Waals surface area contributed by atoms with Gasteiger partial charge in [-0.15, -0.1) is 5.10 Å². The summed E-state index contributed by atoms with van der Waals surface area (Å²) in [5.74, 6) is 0. The van der Waals surface area contributed by atoms with Crippen LogP contribution in [0.3, 0.4) is 0 Å². The average molecular weight is 243 g/mol. The molecule has 0 amide bonds. The van der Waals surface area contributed by atoms with E-state index >= 15 is 0 Å². The molecular weight excluding hydrogens is 226 g/mol. The maximum absolute atomic E-state index is 5.00. The van der Waals surface area contributed by atoms with Gasteiger partial charge in [0, 0.05) is 6.54 Å². The largest absolute Gasteiger partial charge is 0.360 e. The number of nitrogens with zero attached hydrogens (tertiary/aromatic N) is 1. The summed E-state index contributed by atoms with van der Waals surface area (Å²) in [6, 6.07) is 0. The minimum atomic E-state index is 0.507. The third kappa shape index (κ3) is 2.58. The van der Waals surface area contributed by atoms with Gasteiger partial charge in [0.2, 0.25) is 5.13 Å². The number of H-pyrrole nitrogens is 1. The second kappa shape index (κ2) is 4.61. The second-order valence-corrected chi connectivity index (χ2v) is 6.00. The van der Waals surface area contributed by atoms with Crippen LogP contribution in [0.5, 0.6) is 0 Å². The van der Waals surface area contributed by atoms with E-state index in [4.69, 9.17) is 12.2 Å². The van der Waals surface area contributed by atoms with Crippen LogP contribution in [0.25, 0.3) is 0 Å². The number of hydrogen-bond donors (Lipinski definition) is 2. The Hall–Kier alpha value is -0.420. The smallest absolute Gasteiger partial charge is 0.204 e. The molecule has 1 heterocycles. The number of hydrogen-bond acceptors (Lipinski definition) is 4. The van der Waals surface area contributed by atoms with Crippen LogP contribution in [0.1, 0.15) is 39.0 Å². The highest BCUT2D eigenvalue weighted by Crippen LogP contribution is 2.40. The first-order valence-electron chi connectivity index (χ1n) is 5.53. The van der Waals surface area contributed by atoms with Gasteiger partial charge < -0.3 is 5.32 Å². The molecule has 3 nitrogen and oxygen atoms in total. The summed E-state index contributed by atoms with van der Waals surface area (Å²) in [7, 11) is 0.